The predicted molar refractivity (Wildman–Crippen MR) is 94.2 cm³/mol. The molecule has 0 spiro atoms. The fourth-order valence-corrected chi connectivity index (χ4v) is 4.22. The summed E-state index contributed by atoms with van der Waals surface area (Å²) in [7, 11) is 0. The smallest absolute Gasteiger partial charge is 0.306 e. The van der Waals surface area contributed by atoms with Gasteiger partial charge in [0.15, 0.2) is 0 Å². The lowest BCUT2D eigenvalue weighted by Crippen LogP contribution is -2.31. The number of aliphatic carboxylic acids is 1. The molecule has 25 heavy (non-hydrogen) atoms. The van der Waals surface area contributed by atoms with E-state index in [0.29, 0.717) is 45.4 Å². The number of hydrogen-bond acceptors (Lipinski definition) is 4. The third-order valence-corrected chi connectivity index (χ3v) is 5.46. The third kappa shape index (κ3) is 2.43. The fourth-order valence-electron chi connectivity index (χ4n) is 3.96. The summed E-state index contributed by atoms with van der Waals surface area (Å²) in [5, 5.41) is 15.0. The predicted octanol–water partition coefficient (Wildman–Crippen LogP) is 3.92. The molecular formula is C18H17ClN2O4. The van der Waals surface area contributed by atoms with Crippen molar-refractivity contribution in [1.82, 2.24) is 9.72 Å². The number of carboxylic acids is 1. The first-order chi connectivity index (χ1) is 12.0. The summed E-state index contributed by atoms with van der Waals surface area (Å²) >= 11 is 6.40. The van der Waals surface area contributed by atoms with Crippen LogP contribution in [0.3, 0.4) is 0 Å². The third-order valence-electron chi connectivity index (χ3n) is 5.14. The number of hydrogen-bond donors (Lipinski definition) is 1. The van der Waals surface area contributed by atoms with Gasteiger partial charge in [0.1, 0.15) is 16.7 Å². The van der Waals surface area contributed by atoms with Gasteiger partial charge in [-0.15, -0.1) is 0 Å². The fraction of sp³-hybridized carbons (Fsp3) is 0.389. The van der Waals surface area contributed by atoms with Crippen molar-refractivity contribution in [3.05, 3.63) is 39.3 Å². The van der Waals surface area contributed by atoms with Crippen molar-refractivity contribution >= 4 is 39.4 Å². The summed E-state index contributed by atoms with van der Waals surface area (Å²) in [5.41, 5.74) is 0.943. The molecule has 3 aromatic rings. The van der Waals surface area contributed by atoms with E-state index in [-0.39, 0.29) is 11.6 Å². The number of fused-ring (bicyclic) bond motifs is 3. The Kier molecular flexibility index (Phi) is 3.80. The highest BCUT2D eigenvalue weighted by molar-refractivity contribution is 6.37. The van der Waals surface area contributed by atoms with Crippen molar-refractivity contribution in [3.63, 3.8) is 0 Å². The van der Waals surface area contributed by atoms with Gasteiger partial charge in [0.05, 0.1) is 16.5 Å². The Balaban J connectivity index is 2.03. The van der Waals surface area contributed by atoms with Gasteiger partial charge < -0.3 is 14.2 Å². The number of carbonyl (C=O) groups is 1. The lowest BCUT2D eigenvalue weighted by atomic mass is 9.85. The molecule has 1 aliphatic carbocycles. The Morgan fingerprint density at radius 1 is 1.36 bits per heavy atom. The summed E-state index contributed by atoms with van der Waals surface area (Å²) in [4.78, 5) is 24.6. The van der Waals surface area contributed by atoms with Crippen LogP contribution in [0.15, 0.2) is 27.5 Å². The largest absolute Gasteiger partial charge is 0.481 e. The van der Waals surface area contributed by atoms with Gasteiger partial charge in [-0.3, -0.25) is 9.59 Å². The van der Waals surface area contributed by atoms with E-state index in [2.05, 4.69) is 5.16 Å². The first-order valence-corrected chi connectivity index (χ1v) is 8.68. The van der Waals surface area contributed by atoms with Crippen LogP contribution >= 0.6 is 11.6 Å². The molecule has 1 aliphatic rings. The van der Waals surface area contributed by atoms with Crippen molar-refractivity contribution < 1.29 is 14.4 Å². The molecule has 1 aromatic carbocycles. The summed E-state index contributed by atoms with van der Waals surface area (Å²) < 4.78 is 6.94. The first-order valence-electron chi connectivity index (χ1n) is 8.30. The van der Waals surface area contributed by atoms with Gasteiger partial charge in [-0.1, -0.05) is 29.2 Å². The van der Waals surface area contributed by atoms with E-state index in [9.17, 15) is 14.7 Å². The molecule has 2 unspecified atom stereocenters. The van der Waals surface area contributed by atoms with Crippen molar-refractivity contribution in [3.8, 4) is 0 Å². The zero-order valence-corrected chi connectivity index (χ0v) is 14.4. The summed E-state index contributed by atoms with van der Waals surface area (Å²) in [6.07, 6.45) is 2.62. The number of halogens is 1. The van der Waals surface area contributed by atoms with Crippen LogP contribution in [0.2, 0.25) is 5.02 Å². The molecule has 1 saturated carbocycles. The summed E-state index contributed by atoms with van der Waals surface area (Å²) in [6, 6.07) is 5.19. The molecule has 4 rings (SSSR count). The van der Waals surface area contributed by atoms with Crippen LogP contribution < -0.4 is 5.56 Å². The summed E-state index contributed by atoms with van der Waals surface area (Å²) in [6.45, 7) is 1.70. The number of aryl methyl sites for hydroxylation is 1. The van der Waals surface area contributed by atoms with Gasteiger partial charge >= 0.3 is 5.97 Å². The maximum absolute atomic E-state index is 13.2. The second-order valence-corrected chi connectivity index (χ2v) is 7.03. The summed E-state index contributed by atoms with van der Waals surface area (Å²) in [5.74, 6) is -0.789. The van der Waals surface area contributed by atoms with E-state index in [1.165, 1.54) is 0 Å². The number of pyridine rings is 1. The van der Waals surface area contributed by atoms with E-state index in [1.807, 2.05) is 6.07 Å². The molecule has 0 aliphatic heterocycles. The highest BCUT2D eigenvalue weighted by Gasteiger charge is 2.30. The molecule has 2 aromatic heterocycles. The van der Waals surface area contributed by atoms with Gasteiger partial charge in [0, 0.05) is 11.4 Å². The van der Waals surface area contributed by atoms with E-state index < -0.39 is 11.9 Å². The Labute approximate surface area is 148 Å². The van der Waals surface area contributed by atoms with Crippen LogP contribution in [0.4, 0.5) is 0 Å². The number of nitrogens with zero attached hydrogens (tertiary/aromatic N) is 2. The minimum absolute atomic E-state index is 0.179. The van der Waals surface area contributed by atoms with Crippen LogP contribution in [0.5, 0.6) is 0 Å². The first kappa shape index (κ1) is 16.1. The molecule has 0 radical (unpaired) electrons. The molecule has 0 amide bonds. The van der Waals surface area contributed by atoms with Gasteiger partial charge in [0.2, 0.25) is 0 Å². The zero-order chi connectivity index (χ0) is 17.7. The van der Waals surface area contributed by atoms with E-state index >= 15 is 0 Å². The van der Waals surface area contributed by atoms with E-state index in [0.717, 1.165) is 12.8 Å². The number of carboxylic acid groups (broad SMARTS) is 1. The Bertz CT molecular complexity index is 1050. The van der Waals surface area contributed by atoms with Crippen molar-refractivity contribution in [2.75, 3.05) is 0 Å². The lowest BCUT2D eigenvalue weighted by molar-refractivity contribution is -0.143. The molecule has 0 bridgehead atoms. The molecule has 130 valence electrons. The quantitative estimate of drug-likeness (QED) is 0.748. The maximum atomic E-state index is 13.2. The molecule has 2 atom stereocenters. The minimum Gasteiger partial charge on any atom is -0.481 e. The Morgan fingerprint density at radius 3 is 2.92 bits per heavy atom. The van der Waals surface area contributed by atoms with Gasteiger partial charge in [0.25, 0.3) is 5.56 Å². The average Bonchev–Trinajstić information content (AvgIpc) is 2.97. The van der Waals surface area contributed by atoms with Gasteiger partial charge in [-0.05, 0) is 38.3 Å². The second-order valence-electron chi connectivity index (χ2n) is 6.63. The van der Waals surface area contributed by atoms with Crippen LogP contribution in [0.25, 0.3) is 21.8 Å². The van der Waals surface area contributed by atoms with Crippen LogP contribution in [0.1, 0.15) is 37.5 Å². The highest BCUT2D eigenvalue weighted by atomic mass is 35.5. The molecule has 0 saturated heterocycles. The SMILES string of the molecule is Cc1onc2c1c(=O)n(C1CCCC(C(=O)O)C1)c1cccc(Cl)c21. The monoisotopic (exact) mass is 360 g/mol. The Hall–Kier alpha value is -2.34. The molecule has 7 heteroatoms. The van der Waals surface area contributed by atoms with E-state index in [4.69, 9.17) is 16.1 Å². The average molecular weight is 361 g/mol. The molecule has 2 heterocycles. The highest BCUT2D eigenvalue weighted by Crippen LogP contribution is 2.37. The second kappa shape index (κ2) is 5.88. The molecule has 1 fully saturated rings. The maximum Gasteiger partial charge on any atom is 0.306 e. The van der Waals surface area contributed by atoms with Crippen molar-refractivity contribution in [2.24, 2.45) is 5.92 Å². The molecule has 6 nitrogen and oxygen atoms in total. The molecular weight excluding hydrogens is 344 g/mol. The lowest BCUT2D eigenvalue weighted by Gasteiger charge is -2.29. The van der Waals surface area contributed by atoms with Crippen LogP contribution in [-0.4, -0.2) is 20.8 Å². The van der Waals surface area contributed by atoms with Crippen LogP contribution in [-0.2, 0) is 4.79 Å². The van der Waals surface area contributed by atoms with Crippen LogP contribution in [0, 0.1) is 12.8 Å². The normalized spacial score (nSPS) is 21.0. The van der Waals surface area contributed by atoms with Crippen molar-refractivity contribution in [2.45, 2.75) is 38.6 Å². The minimum atomic E-state index is -0.803. The van der Waals surface area contributed by atoms with Gasteiger partial charge in [-0.2, -0.15) is 0 Å². The number of benzene rings is 1. The zero-order valence-electron chi connectivity index (χ0n) is 13.7. The number of rotatable bonds is 2. The number of aromatic nitrogens is 2. The standard InChI is InChI=1S/C18H17ClN2O4/c1-9-14-16(20-25-9)15-12(19)6-3-7-13(15)21(17(14)22)11-5-2-4-10(8-11)18(23)24/h3,6-7,10-11H,2,4-5,8H2,1H3,(H,23,24). The molecule has 1 N–H and O–H groups in total. The van der Waals surface area contributed by atoms with E-state index in [1.54, 1.807) is 23.6 Å². The van der Waals surface area contributed by atoms with Gasteiger partial charge in [-0.25, -0.2) is 0 Å². The van der Waals surface area contributed by atoms with Crippen molar-refractivity contribution in [1.29, 1.82) is 0 Å². The Morgan fingerprint density at radius 2 is 2.16 bits per heavy atom. The topological polar surface area (TPSA) is 85.3 Å².